The third-order valence-electron chi connectivity index (χ3n) is 5.30. The number of pyridine rings is 2. The molecule has 0 fully saturated rings. The summed E-state index contributed by atoms with van der Waals surface area (Å²) in [7, 11) is 1.70. The molecule has 0 unspecified atom stereocenters. The second kappa shape index (κ2) is 7.75. The van der Waals surface area contributed by atoms with Crippen molar-refractivity contribution in [1.29, 1.82) is 0 Å². The number of allylic oxidation sites excluding steroid dienone is 1. The molecule has 4 rings (SSSR count). The predicted octanol–water partition coefficient (Wildman–Crippen LogP) is 3.72. The van der Waals surface area contributed by atoms with E-state index in [9.17, 15) is 4.39 Å². The van der Waals surface area contributed by atoms with Crippen LogP contribution in [0, 0.1) is 19.7 Å². The largest absolute Gasteiger partial charge is 0.491 e. The molecule has 6 nitrogen and oxygen atoms in total. The highest BCUT2D eigenvalue weighted by molar-refractivity contribution is 5.79. The van der Waals surface area contributed by atoms with E-state index >= 15 is 0 Å². The molecule has 0 atom stereocenters. The average Bonchev–Trinajstić information content (AvgIpc) is 2.97. The Morgan fingerprint density at radius 2 is 2.07 bits per heavy atom. The molecular formula is C21H26FN5O. The number of halogens is 1. The number of fused-ring (bicyclic) bond motifs is 1. The summed E-state index contributed by atoms with van der Waals surface area (Å²) in [6.07, 6.45) is 5.14. The first kappa shape index (κ1) is 18.7. The van der Waals surface area contributed by atoms with Gasteiger partial charge in [-0.15, -0.1) is 0 Å². The SMILES string of the molecule is CNc1cc(Nc2nc3c(c(C4=CCNCCC4)c2C)OCC3)nc(C)c1F. The van der Waals surface area contributed by atoms with Crippen molar-refractivity contribution in [3.63, 3.8) is 0 Å². The van der Waals surface area contributed by atoms with Gasteiger partial charge in [0.05, 0.1) is 23.7 Å². The molecule has 0 aromatic carbocycles. The van der Waals surface area contributed by atoms with Crippen LogP contribution in [0.1, 0.15) is 35.4 Å². The molecule has 0 aliphatic carbocycles. The van der Waals surface area contributed by atoms with Crippen molar-refractivity contribution in [1.82, 2.24) is 15.3 Å². The smallest absolute Gasteiger partial charge is 0.167 e. The topological polar surface area (TPSA) is 71.1 Å². The maximum absolute atomic E-state index is 14.1. The van der Waals surface area contributed by atoms with Crippen LogP contribution in [0.3, 0.4) is 0 Å². The monoisotopic (exact) mass is 383 g/mol. The van der Waals surface area contributed by atoms with Gasteiger partial charge < -0.3 is 20.7 Å². The van der Waals surface area contributed by atoms with Crippen LogP contribution in [0.25, 0.3) is 5.57 Å². The third-order valence-corrected chi connectivity index (χ3v) is 5.30. The van der Waals surface area contributed by atoms with Crippen LogP contribution in [0.4, 0.5) is 21.7 Å². The Morgan fingerprint density at radius 3 is 2.89 bits per heavy atom. The van der Waals surface area contributed by atoms with Gasteiger partial charge in [-0.3, -0.25) is 0 Å². The molecule has 0 bridgehead atoms. The highest BCUT2D eigenvalue weighted by Gasteiger charge is 2.25. The van der Waals surface area contributed by atoms with Gasteiger partial charge in [0.25, 0.3) is 0 Å². The molecule has 2 aliphatic rings. The van der Waals surface area contributed by atoms with Crippen LogP contribution >= 0.6 is 0 Å². The van der Waals surface area contributed by atoms with E-state index in [1.165, 1.54) is 5.57 Å². The Kier molecular flexibility index (Phi) is 5.17. The maximum atomic E-state index is 14.1. The highest BCUT2D eigenvalue weighted by atomic mass is 19.1. The highest BCUT2D eigenvalue weighted by Crippen LogP contribution is 2.40. The zero-order valence-electron chi connectivity index (χ0n) is 16.6. The Hall–Kier alpha value is -2.67. The molecule has 148 valence electrons. The Balaban J connectivity index is 1.78. The van der Waals surface area contributed by atoms with E-state index in [-0.39, 0.29) is 5.82 Å². The Labute approximate surface area is 164 Å². The van der Waals surface area contributed by atoms with Crippen molar-refractivity contribution in [2.75, 3.05) is 37.4 Å². The quantitative estimate of drug-likeness (QED) is 0.748. The third kappa shape index (κ3) is 3.42. The number of rotatable bonds is 4. The van der Waals surface area contributed by atoms with Crippen molar-refractivity contribution < 1.29 is 9.13 Å². The van der Waals surface area contributed by atoms with Gasteiger partial charge in [-0.25, -0.2) is 14.4 Å². The molecule has 28 heavy (non-hydrogen) atoms. The standard InChI is InChI=1S/C21H26FN5O/c1-12-18(14-5-4-8-24-9-6-14)20-15(7-10-28-20)26-21(12)27-17-11-16(23-3)19(22)13(2)25-17/h6,11,24H,4-5,7-10H2,1-3H3,(H2,23,25,26,27). The van der Waals surface area contributed by atoms with Gasteiger partial charge in [0.2, 0.25) is 0 Å². The molecule has 4 heterocycles. The number of anilines is 3. The van der Waals surface area contributed by atoms with E-state index in [2.05, 4.69) is 33.9 Å². The van der Waals surface area contributed by atoms with Crippen LogP contribution in [-0.2, 0) is 6.42 Å². The summed E-state index contributed by atoms with van der Waals surface area (Å²) < 4.78 is 20.1. The van der Waals surface area contributed by atoms with E-state index in [4.69, 9.17) is 9.72 Å². The molecule has 3 N–H and O–H groups in total. The average molecular weight is 383 g/mol. The lowest BCUT2D eigenvalue weighted by atomic mass is 9.95. The molecule has 0 saturated carbocycles. The van der Waals surface area contributed by atoms with E-state index in [1.54, 1.807) is 20.0 Å². The van der Waals surface area contributed by atoms with Crippen LogP contribution in [0.15, 0.2) is 12.1 Å². The Morgan fingerprint density at radius 1 is 1.21 bits per heavy atom. The first-order valence-electron chi connectivity index (χ1n) is 9.76. The predicted molar refractivity (Wildman–Crippen MR) is 110 cm³/mol. The van der Waals surface area contributed by atoms with Crippen molar-refractivity contribution in [2.24, 2.45) is 0 Å². The number of nitrogens with one attached hydrogen (secondary N) is 3. The lowest BCUT2D eigenvalue weighted by Crippen LogP contribution is -2.12. The number of aryl methyl sites for hydroxylation is 1. The molecule has 2 aromatic rings. The molecule has 0 spiro atoms. The molecular weight excluding hydrogens is 357 g/mol. The molecule has 7 heteroatoms. The maximum Gasteiger partial charge on any atom is 0.167 e. The van der Waals surface area contributed by atoms with E-state index in [0.29, 0.717) is 23.8 Å². The second-order valence-electron chi connectivity index (χ2n) is 7.20. The van der Waals surface area contributed by atoms with Gasteiger partial charge in [0, 0.05) is 37.2 Å². The summed E-state index contributed by atoms with van der Waals surface area (Å²) in [5.41, 5.74) is 5.19. The molecule has 0 saturated heterocycles. The van der Waals surface area contributed by atoms with Gasteiger partial charge in [0.1, 0.15) is 17.4 Å². The number of aromatic nitrogens is 2. The minimum Gasteiger partial charge on any atom is -0.491 e. The first-order valence-corrected chi connectivity index (χ1v) is 9.76. The van der Waals surface area contributed by atoms with Gasteiger partial charge in [-0.2, -0.15) is 0 Å². The minimum absolute atomic E-state index is 0.336. The fraction of sp³-hybridized carbons (Fsp3) is 0.429. The molecule has 2 aliphatic heterocycles. The zero-order chi connectivity index (χ0) is 19.7. The molecule has 0 amide bonds. The fourth-order valence-corrected chi connectivity index (χ4v) is 3.84. The fourth-order valence-electron chi connectivity index (χ4n) is 3.84. The van der Waals surface area contributed by atoms with Crippen LogP contribution in [0.5, 0.6) is 5.75 Å². The summed E-state index contributed by atoms with van der Waals surface area (Å²) in [6, 6.07) is 1.67. The first-order chi connectivity index (χ1) is 13.6. The number of hydrogen-bond donors (Lipinski definition) is 3. The van der Waals surface area contributed by atoms with Crippen LogP contribution in [0.2, 0.25) is 0 Å². The number of hydrogen-bond acceptors (Lipinski definition) is 6. The van der Waals surface area contributed by atoms with Crippen LogP contribution in [-0.4, -0.2) is 36.7 Å². The van der Waals surface area contributed by atoms with Crippen molar-refractivity contribution in [2.45, 2.75) is 33.1 Å². The summed E-state index contributed by atoms with van der Waals surface area (Å²) in [6.45, 7) is 6.25. The second-order valence-corrected chi connectivity index (χ2v) is 7.20. The van der Waals surface area contributed by atoms with Crippen LogP contribution < -0.4 is 20.7 Å². The molecule has 2 aromatic heterocycles. The van der Waals surface area contributed by atoms with Gasteiger partial charge in [-0.1, -0.05) is 6.08 Å². The zero-order valence-corrected chi connectivity index (χ0v) is 16.6. The number of nitrogens with zero attached hydrogens (tertiary/aromatic N) is 2. The van der Waals surface area contributed by atoms with Crippen molar-refractivity contribution in [3.8, 4) is 5.75 Å². The van der Waals surface area contributed by atoms with Gasteiger partial charge >= 0.3 is 0 Å². The van der Waals surface area contributed by atoms with E-state index in [1.807, 2.05) is 0 Å². The summed E-state index contributed by atoms with van der Waals surface area (Å²) in [5.74, 6) is 1.89. The molecule has 0 radical (unpaired) electrons. The normalized spacial score (nSPS) is 16.1. The lowest BCUT2D eigenvalue weighted by molar-refractivity contribution is 0.355. The summed E-state index contributed by atoms with van der Waals surface area (Å²) in [5, 5.41) is 9.60. The van der Waals surface area contributed by atoms with Gasteiger partial charge in [-0.05, 0) is 38.8 Å². The lowest BCUT2D eigenvalue weighted by Gasteiger charge is -2.18. The van der Waals surface area contributed by atoms with Gasteiger partial charge in [0.15, 0.2) is 5.82 Å². The van der Waals surface area contributed by atoms with E-state index in [0.717, 1.165) is 60.7 Å². The minimum atomic E-state index is -0.336. The number of ether oxygens (including phenoxy) is 1. The van der Waals surface area contributed by atoms with E-state index < -0.39 is 0 Å². The summed E-state index contributed by atoms with van der Waals surface area (Å²) in [4.78, 5) is 9.15. The summed E-state index contributed by atoms with van der Waals surface area (Å²) >= 11 is 0. The Bertz CT molecular complexity index is 941. The van der Waals surface area contributed by atoms with Crippen molar-refractivity contribution in [3.05, 3.63) is 40.5 Å². The van der Waals surface area contributed by atoms with Crippen molar-refractivity contribution >= 4 is 22.9 Å².